The van der Waals surface area contributed by atoms with Crippen LogP contribution in [0.3, 0.4) is 0 Å². The summed E-state index contributed by atoms with van der Waals surface area (Å²) in [5.74, 6) is -1.09. The standard InChI is InChI=1S/C17H18F2N4O3/c1-9-20-15(22-26-9)10-3-4-12-13(8-25-14(12)5-10)21-16(24)23(2)11-6-17(18,19)7-11/h3-5,11,13H,6-8H2,1-2H3,(H,21,24). The molecule has 0 saturated heterocycles. The molecule has 2 aromatic rings. The average Bonchev–Trinajstić information content (AvgIpc) is 3.18. The van der Waals surface area contributed by atoms with E-state index < -0.39 is 12.0 Å². The number of nitrogens with one attached hydrogen (secondary N) is 1. The number of hydrogen-bond acceptors (Lipinski definition) is 5. The van der Waals surface area contributed by atoms with E-state index in [1.807, 2.05) is 12.1 Å². The van der Waals surface area contributed by atoms with Crippen molar-refractivity contribution in [1.29, 1.82) is 0 Å². The second-order valence-corrected chi connectivity index (χ2v) is 6.73. The number of nitrogens with zero attached hydrogens (tertiary/aromatic N) is 3. The van der Waals surface area contributed by atoms with Crippen molar-refractivity contribution >= 4 is 6.03 Å². The molecule has 1 aromatic carbocycles. The molecule has 7 nitrogen and oxygen atoms in total. The molecule has 1 N–H and O–H groups in total. The minimum absolute atomic E-state index is 0.282. The zero-order valence-electron chi connectivity index (χ0n) is 14.3. The van der Waals surface area contributed by atoms with Gasteiger partial charge in [-0.15, -0.1) is 0 Å². The van der Waals surface area contributed by atoms with Crippen molar-refractivity contribution in [1.82, 2.24) is 20.4 Å². The van der Waals surface area contributed by atoms with Gasteiger partial charge in [0.2, 0.25) is 11.7 Å². The molecule has 1 aliphatic heterocycles. The summed E-state index contributed by atoms with van der Waals surface area (Å²) in [5.41, 5.74) is 1.58. The Morgan fingerprint density at radius 2 is 2.15 bits per heavy atom. The molecule has 0 bridgehead atoms. The van der Waals surface area contributed by atoms with E-state index >= 15 is 0 Å². The number of fused-ring (bicyclic) bond motifs is 1. The summed E-state index contributed by atoms with van der Waals surface area (Å²) in [5, 5.41) is 6.71. The first-order valence-corrected chi connectivity index (χ1v) is 8.31. The van der Waals surface area contributed by atoms with Crippen LogP contribution in [0.15, 0.2) is 22.7 Å². The van der Waals surface area contributed by atoms with Crippen LogP contribution in [0.4, 0.5) is 13.6 Å². The summed E-state index contributed by atoms with van der Waals surface area (Å²) in [7, 11) is 1.54. The molecule has 4 rings (SSSR count). The summed E-state index contributed by atoms with van der Waals surface area (Å²) >= 11 is 0. The summed E-state index contributed by atoms with van der Waals surface area (Å²) in [6.07, 6.45) is -0.579. The van der Waals surface area contributed by atoms with E-state index in [2.05, 4.69) is 15.5 Å². The molecule has 0 radical (unpaired) electrons. The maximum Gasteiger partial charge on any atom is 0.317 e. The smallest absolute Gasteiger partial charge is 0.317 e. The maximum atomic E-state index is 13.0. The number of carbonyl (C=O) groups excluding carboxylic acids is 1. The molecule has 9 heteroatoms. The van der Waals surface area contributed by atoms with Crippen LogP contribution in [0, 0.1) is 6.92 Å². The average molecular weight is 364 g/mol. The molecule has 26 heavy (non-hydrogen) atoms. The number of hydrogen-bond donors (Lipinski definition) is 1. The number of aryl methyl sites for hydroxylation is 1. The van der Waals surface area contributed by atoms with Crippen molar-refractivity contribution in [3.05, 3.63) is 29.7 Å². The third-order valence-corrected chi connectivity index (χ3v) is 4.81. The molecule has 0 spiro atoms. The number of rotatable bonds is 3. The van der Waals surface area contributed by atoms with E-state index in [1.54, 1.807) is 13.0 Å². The van der Waals surface area contributed by atoms with Gasteiger partial charge in [0.1, 0.15) is 12.4 Å². The number of amides is 2. The van der Waals surface area contributed by atoms with Crippen molar-refractivity contribution < 1.29 is 22.8 Å². The third kappa shape index (κ3) is 2.97. The van der Waals surface area contributed by atoms with Gasteiger partial charge >= 0.3 is 6.03 Å². The largest absolute Gasteiger partial charge is 0.491 e. The molecular formula is C17H18F2N4O3. The number of benzene rings is 1. The van der Waals surface area contributed by atoms with Crippen molar-refractivity contribution in [2.75, 3.05) is 13.7 Å². The van der Waals surface area contributed by atoms with Crippen molar-refractivity contribution in [2.45, 2.75) is 37.8 Å². The Labute approximate surface area is 148 Å². The predicted octanol–water partition coefficient (Wildman–Crippen LogP) is 2.92. The molecule has 138 valence electrons. The lowest BCUT2D eigenvalue weighted by Crippen LogP contribution is -2.54. The molecule has 1 fully saturated rings. The van der Waals surface area contributed by atoms with E-state index in [4.69, 9.17) is 9.26 Å². The van der Waals surface area contributed by atoms with E-state index in [9.17, 15) is 13.6 Å². The van der Waals surface area contributed by atoms with Crippen LogP contribution >= 0.6 is 0 Å². The first-order valence-electron chi connectivity index (χ1n) is 8.31. The van der Waals surface area contributed by atoms with Crippen LogP contribution in [0.1, 0.15) is 30.3 Å². The number of carbonyl (C=O) groups is 1. The van der Waals surface area contributed by atoms with Gasteiger partial charge in [-0.2, -0.15) is 4.98 Å². The number of urea groups is 1. The van der Waals surface area contributed by atoms with Gasteiger partial charge in [0.15, 0.2) is 0 Å². The van der Waals surface area contributed by atoms with Crippen LogP contribution in [-0.2, 0) is 0 Å². The third-order valence-electron chi connectivity index (χ3n) is 4.81. The van der Waals surface area contributed by atoms with Crippen LogP contribution in [0.2, 0.25) is 0 Å². The monoisotopic (exact) mass is 364 g/mol. The zero-order chi connectivity index (χ0) is 18.5. The number of aromatic nitrogens is 2. The molecule has 1 aliphatic carbocycles. The van der Waals surface area contributed by atoms with Gasteiger partial charge in [0.25, 0.3) is 5.92 Å². The highest BCUT2D eigenvalue weighted by molar-refractivity contribution is 5.75. The van der Waals surface area contributed by atoms with Gasteiger partial charge in [-0.3, -0.25) is 0 Å². The highest BCUT2D eigenvalue weighted by Crippen LogP contribution is 2.40. The van der Waals surface area contributed by atoms with Crippen LogP contribution in [0.5, 0.6) is 5.75 Å². The van der Waals surface area contributed by atoms with Gasteiger partial charge in [0.05, 0.1) is 6.04 Å². The highest BCUT2D eigenvalue weighted by atomic mass is 19.3. The Morgan fingerprint density at radius 3 is 2.81 bits per heavy atom. The van der Waals surface area contributed by atoms with Crippen molar-refractivity contribution in [3.63, 3.8) is 0 Å². The lowest BCUT2D eigenvalue weighted by molar-refractivity contribution is -0.111. The molecule has 1 aromatic heterocycles. The van der Waals surface area contributed by atoms with Gasteiger partial charge in [0, 0.05) is 44.0 Å². The number of alkyl halides is 2. The second kappa shape index (κ2) is 5.93. The van der Waals surface area contributed by atoms with E-state index in [-0.39, 0.29) is 31.5 Å². The molecule has 1 unspecified atom stereocenters. The molecule has 2 heterocycles. The summed E-state index contributed by atoms with van der Waals surface area (Å²) in [6, 6.07) is 4.31. The summed E-state index contributed by atoms with van der Waals surface area (Å²) < 4.78 is 36.6. The van der Waals surface area contributed by atoms with Crippen molar-refractivity contribution in [3.8, 4) is 17.1 Å². The fourth-order valence-electron chi connectivity index (χ4n) is 3.21. The minimum atomic E-state index is -2.66. The Morgan fingerprint density at radius 1 is 1.38 bits per heavy atom. The first kappa shape index (κ1) is 16.7. The summed E-state index contributed by atoms with van der Waals surface area (Å²) in [6.45, 7) is 1.99. The SMILES string of the molecule is Cc1nc(-c2ccc3c(c2)OCC3NC(=O)N(C)C2CC(F)(F)C2)no1. The topological polar surface area (TPSA) is 80.5 Å². The normalized spacial score (nSPS) is 20.8. The van der Waals surface area contributed by atoms with Crippen LogP contribution in [-0.4, -0.2) is 46.7 Å². The quantitative estimate of drug-likeness (QED) is 0.906. The molecule has 1 atom stereocenters. The Kier molecular flexibility index (Phi) is 3.82. The van der Waals surface area contributed by atoms with Gasteiger partial charge in [-0.25, -0.2) is 13.6 Å². The van der Waals surface area contributed by atoms with Gasteiger partial charge < -0.3 is 19.5 Å². The summed E-state index contributed by atoms with van der Waals surface area (Å²) in [4.78, 5) is 17.8. The number of halogens is 2. The van der Waals surface area contributed by atoms with Crippen LogP contribution in [0.25, 0.3) is 11.4 Å². The maximum absolute atomic E-state index is 13.0. The molecule has 2 aliphatic rings. The predicted molar refractivity (Wildman–Crippen MR) is 87.0 cm³/mol. The molecule has 2 amide bonds. The second-order valence-electron chi connectivity index (χ2n) is 6.73. The van der Waals surface area contributed by atoms with E-state index in [0.29, 0.717) is 17.5 Å². The lowest BCUT2D eigenvalue weighted by Gasteiger charge is -2.40. The van der Waals surface area contributed by atoms with Gasteiger partial charge in [-0.1, -0.05) is 17.3 Å². The first-order chi connectivity index (χ1) is 12.3. The van der Waals surface area contributed by atoms with Crippen molar-refractivity contribution in [2.24, 2.45) is 0 Å². The highest BCUT2D eigenvalue weighted by Gasteiger charge is 2.48. The number of ether oxygens (including phenoxy) is 1. The Bertz CT molecular complexity index is 846. The van der Waals surface area contributed by atoms with Gasteiger partial charge in [-0.05, 0) is 6.07 Å². The Balaban J connectivity index is 1.44. The van der Waals surface area contributed by atoms with E-state index in [1.165, 1.54) is 11.9 Å². The fourth-order valence-corrected chi connectivity index (χ4v) is 3.21. The molecular weight excluding hydrogens is 346 g/mol. The Hall–Kier alpha value is -2.71. The van der Waals surface area contributed by atoms with E-state index in [0.717, 1.165) is 11.1 Å². The molecule has 1 saturated carbocycles. The van der Waals surface area contributed by atoms with Crippen LogP contribution < -0.4 is 10.1 Å². The zero-order valence-corrected chi connectivity index (χ0v) is 14.3. The minimum Gasteiger partial charge on any atom is -0.491 e. The fraction of sp³-hybridized carbons (Fsp3) is 0.471. The lowest BCUT2D eigenvalue weighted by atomic mass is 9.87.